The van der Waals surface area contributed by atoms with Gasteiger partial charge in [0.15, 0.2) is 0 Å². The van der Waals surface area contributed by atoms with Crippen LogP contribution in [0.4, 0.5) is 0 Å². The van der Waals surface area contributed by atoms with Crippen LogP contribution < -0.4 is 18.9 Å². The Morgan fingerprint density at radius 1 is 0.400 bits per heavy atom. The molecule has 206 valence electrons. The minimum Gasteiger partial charge on any atom is -0.497 e. The van der Waals surface area contributed by atoms with Crippen molar-refractivity contribution in [2.75, 3.05) is 28.4 Å². The lowest BCUT2D eigenvalue weighted by Gasteiger charge is -2.34. The van der Waals surface area contributed by atoms with Gasteiger partial charge in [-0.15, -0.1) is 0 Å². The van der Waals surface area contributed by atoms with Crippen LogP contribution >= 0.6 is 0 Å². The topological polar surface area (TPSA) is 95.8 Å². The predicted molar refractivity (Wildman–Crippen MR) is 146 cm³/mol. The van der Waals surface area contributed by atoms with Gasteiger partial charge >= 0.3 is 0 Å². The molecule has 0 spiro atoms. The van der Waals surface area contributed by atoms with Crippen LogP contribution in [0.15, 0.2) is 72.8 Å². The van der Waals surface area contributed by atoms with Crippen molar-refractivity contribution in [1.82, 2.24) is 0 Å². The van der Waals surface area contributed by atoms with Gasteiger partial charge < -0.3 is 29.2 Å². The lowest BCUT2D eigenvalue weighted by molar-refractivity contribution is -0.342. The molecule has 0 aromatic heterocycles. The summed E-state index contributed by atoms with van der Waals surface area (Å²) in [6, 6.07) is 22.0. The van der Waals surface area contributed by atoms with Crippen molar-refractivity contribution >= 4 is 0 Å². The lowest BCUT2D eigenvalue weighted by atomic mass is 9.81. The van der Waals surface area contributed by atoms with E-state index in [-0.39, 0.29) is 0 Å². The second-order valence-electron chi connectivity index (χ2n) is 9.74. The lowest BCUT2D eigenvalue weighted by Crippen LogP contribution is -2.24. The quantitative estimate of drug-likeness (QED) is 0.239. The van der Waals surface area contributed by atoms with Gasteiger partial charge in [0, 0.05) is 0 Å². The van der Waals surface area contributed by atoms with E-state index in [1.54, 1.807) is 52.7 Å². The second-order valence-corrected chi connectivity index (χ2v) is 9.74. The molecule has 6 rings (SSSR count). The molecule has 40 heavy (non-hydrogen) atoms. The van der Waals surface area contributed by atoms with Crippen molar-refractivity contribution in [3.8, 4) is 23.0 Å². The number of aliphatic hydroxyl groups excluding tert-OH is 2. The van der Waals surface area contributed by atoms with Gasteiger partial charge in [0.25, 0.3) is 0 Å². The number of hydrogen-bond donors (Lipinski definition) is 2. The molecular formula is C32H30O8. The summed E-state index contributed by atoms with van der Waals surface area (Å²) in [5.74, 6) is 2.48. The zero-order valence-corrected chi connectivity index (χ0v) is 22.6. The first-order valence-electron chi connectivity index (χ1n) is 12.9. The van der Waals surface area contributed by atoms with Gasteiger partial charge in [0.2, 0.25) is 0 Å². The molecule has 0 aliphatic heterocycles. The van der Waals surface area contributed by atoms with E-state index < -0.39 is 24.4 Å². The predicted octanol–water partition coefficient (Wildman–Crippen LogP) is 5.34. The Morgan fingerprint density at radius 2 is 0.650 bits per heavy atom. The van der Waals surface area contributed by atoms with Crippen molar-refractivity contribution in [2.24, 2.45) is 0 Å². The summed E-state index contributed by atoms with van der Waals surface area (Å²) in [5, 5.41) is 22.6. The van der Waals surface area contributed by atoms with Crippen LogP contribution in [0, 0.1) is 0 Å². The zero-order chi connectivity index (χ0) is 28.0. The molecule has 0 amide bonds. The summed E-state index contributed by atoms with van der Waals surface area (Å²) in [6.07, 6.45) is -3.11. The van der Waals surface area contributed by atoms with E-state index in [9.17, 15) is 10.2 Å². The third kappa shape index (κ3) is 4.26. The van der Waals surface area contributed by atoms with Crippen LogP contribution in [0.1, 0.15) is 68.9 Å². The summed E-state index contributed by atoms with van der Waals surface area (Å²) in [7, 11) is 6.34. The van der Waals surface area contributed by atoms with Crippen molar-refractivity contribution in [1.29, 1.82) is 0 Å². The molecule has 0 saturated heterocycles. The van der Waals surface area contributed by atoms with Gasteiger partial charge in [-0.25, -0.2) is 9.78 Å². The van der Waals surface area contributed by atoms with Crippen molar-refractivity contribution in [2.45, 2.75) is 24.4 Å². The summed E-state index contributed by atoms with van der Waals surface area (Å²) in [5.41, 5.74) is 5.65. The van der Waals surface area contributed by atoms with Crippen LogP contribution in [0.2, 0.25) is 0 Å². The van der Waals surface area contributed by atoms with E-state index in [4.69, 9.17) is 28.7 Å². The van der Waals surface area contributed by atoms with Gasteiger partial charge in [-0.3, -0.25) is 0 Å². The van der Waals surface area contributed by atoms with Crippen LogP contribution in [0.25, 0.3) is 0 Å². The highest BCUT2D eigenvalue weighted by atomic mass is 17.2. The fourth-order valence-corrected chi connectivity index (χ4v) is 5.61. The van der Waals surface area contributed by atoms with E-state index in [1.165, 1.54) is 0 Å². The van der Waals surface area contributed by atoms with Crippen LogP contribution in [-0.2, 0) is 9.78 Å². The molecule has 0 radical (unpaired) electrons. The smallest absolute Gasteiger partial charge is 0.144 e. The number of benzene rings is 4. The molecule has 4 aromatic rings. The van der Waals surface area contributed by atoms with Gasteiger partial charge in [0.05, 0.1) is 28.4 Å². The zero-order valence-electron chi connectivity index (χ0n) is 22.6. The molecule has 0 saturated carbocycles. The maximum Gasteiger partial charge on any atom is 0.144 e. The van der Waals surface area contributed by atoms with Gasteiger partial charge in [-0.2, -0.15) is 0 Å². The molecule has 4 aromatic carbocycles. The SMILES string of the molecule is COc1ccc2c(c1)C(O)c1cc(OC)ccc1C2OOC1c2ccc(OC)cc2C(O)c2cc(OC)ccc21. The van der Waals surface area contributed by atoms with Crippen LogP contribution in [-0.4, -0.2) is 38.7 Å². The van der Waals surface area contributed by atoms with Crippen molar-refractivity contribution < 1.29 is 38.9 Å². The number of ether oxygens (including phenoxy) is 4. The molecule has 0 atom stereocenters. The third-order valence-electron chi connectivity index (χ3n) is 7.73. The molecular weight excluding hydrogens is 512 g/mol. The number of aliphatic hydroxyl groups is 2. The highest BCUT2D eigenvalue weighted by molar-refractivity contribution is 5.55. The fourth-order valence-electron chi connectivity index (χ4n) is 5.61. The number of rotatable bonds is 7. The average Bonchev–Trinajstić information content (AvgIpc) is 3.01. The molecule has 0 heterocycles. The first kappa shape index (κ1) is 26.2. The van der Waals surface area contributed by atoms with Crippen LogP contribution in [0.3, 0.4) is 0 Å². The second kappa shape index (κ2) is 10.5. The Kier molecular flexibility index (Phi) is 6.85. The largest absolute Gasteiger partial charge is 0.497 e. The normalized spacial score (nSPS) is 20.4. The highest BCUT2D eigenvalue weighted by Crippen LogP contribution is 2.48. The molecule has 2 N–H and O–H groups in total. The van der Waals surface area contributed by atoms with Gasteiger partial charge in [0.1, 0.15) is 47.4 Å². The Bertz CT molecular complexity index is 1340. The fraction of sp³-hybridized carbons (Fsp3) is 0.250. The van der Waals surface area contributed by atoms with Crippen molar-refractivity contribution in [3.63, 3.8) is 0 Å². The Hall–Kier alpha value is -4.08. The van der Waals surface area contributed by atoms with E-state index in [0.29, 0.717) is 45.3 Å². The van der Waals surface area contributed by atoms with Gasteiger partial charge in [-0.05, 0) is 93.0 Å². The number of methoxy groups -OCH3 is 4. The first-order chi connectivity index (χ1) is 19.5. The summed E-state index contributed by atoms with van der Waals surface area (Å²) in [4.78, 5) is 12.6. The molecule has 2 aliphatic carbocycles. The maximum absolute atomic E-state index is 11.3. The molecule has 8 nitrogen and oxygen atoms in total. The summed E-state index contributed by atoms with van der Waals surface area (Å²) < 4.78 is 21.7. The molecule has 0 unspecified atom stereocenters. The summed E-state index contributed by atoms with van der Waals surface area (Å²) in [6.45, 7) is 0. The van der Waals surface area contributed by atoms with E-state index in [0.717, 1.165) is 22.3 Å². The van der Waals surface area contributed by atoms with E-state index in [1.807, 2.05) is 48.5 Å². The van der Waals surface area contributed by atoms with Crippen LogP contribution in [0.5, 0.6) is 23.0 Å². The molecule has 0 bridgehead atoms. The number of hydrogen-bond acceptors (Lipinski definition) is 8. The van der Waals surface area contributed by atoms with E-state index >= 15 is 0 Å². The molecule has 8 heteroatoms. The first-order valence-corrected chi connectivity index (χ1v) is 12.9. The average molecular weight is 543 g/mol. The minimum absolute atomic E-state index is 0.621. The number of fused-ring (bicyclic) bond motifs is 4. The molecule has 0 fully saturated rings. The molecule has 2 aliphatic rings. The third-order valence-corrected chi connectivity index (χ3v) is 7.73. The maximum atomic E-state index is 11.3. The minimum atomic E-state index is -0.902. The standard InChI is InChI=1S/C32H30O8/c1-35-17-5-9-21-25(13-17)29(33)26-14-18(36-2)6-10-22(26)31(21)39-40-32-23-11-7-19(37-3)15-27(23)30(34)28-16-20(38-4)8-12-24(28)32/h5-16,29-34H,1-4H3. The Labute approximate surface area is 232 Å². The highest BCUT2D eigenvalue weighted by Gasteiger charge is 2.37. The van der Waals surface area contributed by atoms with Crippen molar-refractivity contribution in [3.05, 3.63) is 117 Å². The summed E-state index contributed by atoms with van der Waals surface area (Å²) >= 11 is 0. The Morgan fingerprint density at radius 3 is 0.875 bits per heavy atom. The monoisotopic (exact) mass is 542 g/mol. The Balaban J connectivity index is 1.43. The van der Waals surface area contributed by atoms with E-state index in [2.05, 4.69) is 0 Å². The van der Waals surface area contributed by atoms with Gasteiger partial charge in [-0.1, -0.05) is 24.3 Å².